The number of ether oxygens (including phenoxy) is 1. The largest absolute Gasteiger partial charge is 0.367 e. The summed E-state index contributed by atoms with van der Waals surface area (Å²) in [4.78, 5) is 5.40. The van der Waals surface area contributed by atoms with Gasteiger partial charge in [0.25, 0.3) is 0 Å². The second-order valence-corrected chi connectivity index (χ2v) is 7.44. The lowest BCUT2D eigenvalue weighted by atomic mass is 9.88. The summed E-state index contributed by atoms with van der Waals surface area (Å²) in [6.07, 6.45) is 4.14. The SMILES string of the molecule is COC1CC(N2CCC(CN3CCNCC3)CC2)C(C)CN1. The molecule has 3 fully saturated rings. The fourth-order valence-corrected chi connectivity index (χ4v) is 4.40. The number of rotatable bonds is 4. The first-order valence-corrected chi connectivity index (χ1v) is 9.19. The molecule has 128 valence electrons. The summed E-state index contributed by atoms with van der Waals surface area (Å²) < 4.78 is 5.53. The molecular formula is C17H34N4O. The van der Waals surface area contributed by atoms with Crippen LogP contribution >= 0.6 is 0 Å². The Hall–Kier alpha value is -0.200. The molecule has 22 heavy (non-hydrogen) atoms. The van der Waals surface area contributed by atoms with E-state index in [0.29, 0.717) is 6.04 Å². The molecular weight excluding hydrogens is 276 g/mol. The van der Waals surface area contributed by atoms with Gasteiger partial charge in [-0.3, -0.25) is 10.2 Å². The van der Waals surface area contributed by atoms with Gasteiger partial charge < -0.3 is 15.0 Å². The first kappa shape index (κ1) is 16.7. The van der Waals surface area contributed by atoms with E-state index in [2.05, 4.69) is 27.4 Å². The Bertz CT molecular complexity index is 327. The van der Waals surface area contributed by atoms with E-state index in [1.807, 2.05) is 7.11 Å². The summed E-state index contributed by atoms with van der Waals surface area (Å²) in [5, 5.41) is 6.94. The van der Waals surface area contributed by atoms with Gasteiger partial charge in [-0.25, -0.2) is 0 Å². The molecule has 0 aromatic rings. The highest BCUT2D eigenvalue weighted by molar-refractivity contribution is 4.88. The van der Waals surface area contributed by atoms with Crippen molar-refractivity contribution in [2.75, 3.05) is 59.5 Å². The van der Waals surface area contributed by atoms with E-state index in [4.69, 9.17) is 4.74 Å². The average Bonchev–Trinajstić information content (AvgIpc) is 2.57. The van der Waals surface area contributed by atoms with Crippen molar-refractivity contribution in [3.05, 3.63) is 0 Å². The number of methoxy groups -OCH3 is 1. The molecule has 0 amide bonds. The number of nitrogens with one attached hydrogen (secondary N) is 2. The van der Waals surface area contributed by atoms with Crippen LogP contribution in [0.5, 0.6) is 0 Å². The molecule has 2 N–H and O–H groups in total. The second kappa shape index (κ2) is 8.06. The third-order valence-corrected chi connectivity index (χ3v) is 5.91. The highest BCUT2D eigenvalue weighted by atomic mass is 16.5. The van der Waals surface area contributed by atoms with Crippen molar-refractivity contribution in [2.45, 2.75) is 38.5 Å². The van der Waals surface area contributed by atoms with Crippen LogP contribution in [0.15, 0.2) is 0 Å². The molecule has 3 heterocycles. The Kier molecular flexibility index (Phi) is 6.10. The predicted molar refractivity (Wildman–Crippen MR) is 90.0 cm³/mol. The maximum Gasteiger partial charge on any atom is 0.109 e. The molecule has 3 atom stereocenters. The van der Waals surface area contributed by atoms with Gasteiger partial charge in [0, 0.05) is 58.8 Å². The van der Waals surface area contributed by atoms with E-state index in [-0.39, 0.29) is 6.23 Å². The van der Waals surface area contributed by atoms with Gasteiger partial charge >= 0.3 is 0 Å². The molecule has 0 bridgehead atoms. The molecule has 3 saturated heterocycles. The molecule has 3 aliphatic rings. The molecule has 5 nitrogen and oxygen atoms in total. The summed E-state index contributed by atoms with van der Waals surface area (Å²) in [6.45, 7) is 12.2. The zero-order valence-electron chi connectivity index (χ0n) is 14.4. The smallest absolute Gasteiger partial charge is 0.109 e. The summed E-state index contributed by atoms with van der Waals surface area (Å²) in [5.74, 6) is 1.64. The van der Waals surface area contributed by atoms with Crippen LogP contribution < -0.4 is 10.6 Å². The zero-order chi connectivity index (χ0) is 15.4. The Labute approximate surface area is 135 Å². The van der Waals surface area contributed by atoms with Crippen molar-refractivity contribution in [2.24, 2.45) is 11.8 Å². The molecule has 0 aromatic carbocycles. The number of hydrogen-bond acceptors (Lipinski definition) is 5. The van der Waals surface area contributed by atoms with Crippen molar-refractivity contribution in [3.63, 3.8) is 0 Å². The zero-order valence-corrected chi connectivity index (χ0v) is 14.4. The normalized spacial score (nSPS) is 36.5. The van der Waals surface area contributed by atoms with Crippen molar-refractivity contribution in [1.29, 1.82) is 0 Å². The third kappa shape index (κ3) is 4.20. The van der Waals surface area contributed by atoms with E-state index in [1.54, 1.807) is 0 Å². The Morgan fingerprint density at radius 1 is 1.09 bits per heavy atom. The maximum absolute atomic E-state index is 5.53. The van der Waals surface area contributed by atoms with Crippen LogP contribution in [0.2, 0.25) is 0 Å². The highest BCUT2D eigenvalue weighted by Gasteiger charge is 2.34. The summed E-state index contributed by atoms with van der Waals surface area (Å²) in [7, 11) is 1.82. The van der Waals surface area contributed by atoms with Gasteiger partial charge in [0.1, 0.15) is 6.23 Å². The van der Waals surface area contributed by atoms with Gasteiger partial charge in [-0.1, -0.05) is 6.92 Å². The second-order valence-electron chi connectivity index (χ2n) is 7.44. The monoisotopic (exact) mass is 310 g/mol. The van der Waals surface area contributed by atoms with Crippen molar-refractivity contribution in [3.8, 4) is 0 Å². The van der Waals surface area contributed by atoms with E-state index in [0.717, 1.165) is 24.8 Å². The lowest BCUT2D eigenvalue weighted by Crippen LogP contribution is -2.55. The third-order valence-electron chi connectivity index (χ3n) is 5.91. The fraction of sp³-hybridized carbons (Fsp3) is 1.00. The lowest BCUT2D eigenvalue weighted by Gasteiger charge is -2.45. The summed E-state index contributed by atoms with van der Waals surface area (Å²) in [6, 6.07) is 0.700. The van der Waals surface area contributed by atoms with Gasteiger partial charge in [-0.2, -0.15) is 0 Å². The minimum Gasteiger partial charge on any atom is -0.367 e. The highest BCUT2D eigenvalue weighted by Crippen LogP contribution is 2.27. The van der Waals surface area contributed by atoms with Crippen LogP contribution in [0.1, 0.15) is 26.2 Å². The molecule has 0 saturated carbocycles. The molecule has 0 aliphatic carbocycles. The van der Waals surface area contributed by atoms with E-state index in [9.17, 15) is 0 Å². The fourth-order valence-electron chi connectivity index (χ4n) is 4.40. The number of piperazine rings is 1. The average molecular weight is 310 g/mol. The number of likely N-dealkylation sites (tertiary alicyclic amines) is 1. The quantitative estimate of drug-likeness (QED) is 0.795. The molecule has 3 aliphatic heterocycles. The van der Waals surface area contributed by atoms with Crippen molar-refractivity contribution < 1.29 is 4.74 Å². The van der Waals surface area contributed by atoms with E-state index < -0.39 is 0 Å². The first-order chi connectivity index (χ1) is 10.8. The first-order valence-electron chi connectivity index (χ1n) is 9.19. The minimum absolute atomic E-state index is 0.250. The Morgan fingerprint density at radius 2 is 1.82 bits per heavy atom. The van der Waals surface area contributed by atoms with Crippen LogP contribution in [0, 0.1) is 11.8 Å². The standard InChI is InChI=1S/C17H34N4O/c1-14-12-19-17(22-2)11-16(14)21-7-3-15(4-8-21)13-20-9-5-18-6-10-20/h14-19H,3-13H2,1-2H3. The summed E-state index contributed by atoms with van der Waals surface area (Å²) in [5.41, 5.74) is 0. The van der Waals surface area contributed by atoms with Crippen molar-refractivity contribution >= 4 is 0 Å². The topological polar surface area (TPSA) is 39.8 Å². The molecule has 5 heteroatoms. The van der Waals surface area contributed by atoms with E-state index >= 15 is 0 Å². The van der Waals surface area contributed by atoms with Gasteiger partial charge in [0.2, 0.25) is 0 Å². The minimum atomic E-state index is 0.250. The van der Waals surface area contributed by atoms with E-state index in [1.165, 1.54) is 58.7 Å². The molecule has 3 unspecified atom stereocenters. The number of hydrogen-bond donors (Lipinski definition) is 2. The molecule has 0 spiro atoms. The molecule has 3 rings (SSSR count). The van der Waals surface area contributed by atoms with Gasteiger partial charge in [0.05, 0.1) is 0 Å². The van der Waals surface area contributed by atoms with Crippen LogP contribution in [-0.2, 0) is 4.74 Å². The Morgan fingerprint density at radius 3 is 2.50 bits per heavy atom. The maximum atomic E-state index is 5.53. The summed E-state index contributed by atoms with van der Waals surface area (Å²) >= 11 is 0. The van der Waals surface area contributed by atoms with Crippen LogP contribution in [0.4, 0.5) is 0 Å². The van der Waals surface area contributed by atoms with Crippen LogP contribution in [0.3, 0.4) is 0 Å². The lowest BCUT2D eigenvalue weighted by molar-refractivity contribution is -0.0165. The molecule has 0 aromatic heterocycles. The predicted octanol–water partition coefficient (Wildman–Crippen LogP) is 0.574. The van der Waals surface area contributed by atoms with Gasteiger partial charge in [-0.15, -0.1) is 0 Å². The molecule has 0 radical (unpaired) electrons. The van der Waals surface area contributed by atoms with Gasteiger partial charge in [0.15, 0.2) is 0 Å². The number of piperidine rings is 2. The van der Waals surface area contributed by atoms with Crippen LogP contribution in [0.25, 0.3) is 0 Å². The van der Waals surface area contributed by atoms with Crippen LogP contribution in [-0.4, -0.2) is 81.5 Å². The number of nitrogens with zero attached hydrogens (tertiary/aromatic N) is 2. The Balaban J connectivity index is 1.44. The van der Waals surface area contributed by atoms with Crippen molar-refractivity contribution in [1.82, 2.24) is 20.4 Å². The van der Waals surface area contributed by atoms with Gasteiger partial charge in [-0.05, 0) is 37.8 Å².